The summed E-state index contributed by atoms with van der Waals surface area (Å²) in [6, 6.07) is 0.269. The molecule has 3 N–H and O–H groups in total. The van der Waals surface area contributed by atoms with E-state index in [1.807, 2.05) is 6.92 Å². The van der Waals surface area contributed by atoms with Gasteiger partial charge < -0.3 is 24.8 Å². The number of halogens is 2. The van der Waals surface area contributed by atoms with E-state index in [1.54, 1.807) is 4.57 Å². The van der Waals surface area contributed by atoms with Crippen molar-refractivity contribution in [3.63, 3.8) is 0 Å². The highest BCUT2D eigenvalue weighted by Gasteiger charge is 2.34. The lowest BCUT2D eigenvalue weighted by atomic mass is 10.0. The molecule has 3 aromatic rings. The number of piperidine rings is 1. The number of benzene rings is 1. The average molecular weight is 525 g/mol. The molecule has 1 fully saturated rings. The number of rotatable bonds is 5. The molecule has 0 radical (unpaired) electrons. The molecule has 0 saturated carbocycles. The van der Waals surface area contributed by atoms with Crippen molar-refractivity contribution in [2.45, 2.75) is 44.6 Å². The summed E-state index contributed by atoms with van der Waals surface area (Å²) in [7, 11) is -3.45. The van der Waals surface area contributed by atoms with Gasteiger partial charge in [-0.25, -0.2) is 32.2 Å². The van der Waals surface area contributed by atoms with Crippen LogP contribution in [0.1, 0.15) is 38.2 Å². The molecular formula is C22H26F2N6O5S. The third kappa shape index (κ3) is 4.17. The van der Waals surface area contributed by atoms with Crippen LogP contribution >= 0.6 is 0 Å². The number of aliphatic hydroxyl groups excluding tert-OH is 2. The number of sulfonamides is 1. The lowest BCUT2D eigenvalue weighted by Gasteiger charge is -2.34. The predicted molar refractivity (Wildman–Crippen MR) is 126 cm³/mol. The van der Waals surface area contributed by atoms with E-state index in [2.05, 4.69) is 20.3 Å². The van der Waals surface area contributed by atoms with E-state index in [0.29, 0.717) is 5.52 Å². The number of aliphatic hydroxyl groups is 2. The van der Waals surface area contributed by atoms with Crippen molar-refractivity contribution in [1.82, 2.24) is 23.8 Å². The monoisotopic (exact) mass is 524 g/mol. The molecule has 4 heterocycles. The number of nitrogens with zero attached hydrogens (tertiary/aromatic N) is 5. The standard InChI is InChI=1S/C22H26F2N6O5S/c1-10-9-35-20-12(6-13(23)18-19(20)30(10)21(27-18)11(2)31)17-14(24)7-25-22(28-17)26-15-4-5-29(8-16(15)32)36(3,33)34/h6-7,10-11,15-16,31-32H,4-5,8-9H2,1-3H3,(H,25,26,28). The van der Waals surface area contributed by atoms with Crippen LogP contribution in [-0.4, -0.2) is 80.6 Å². The summed E-state index contributed by atoms with van der Waals surface area (Å²) < 4.78 is 62.4. The molecule has 0 aliphatic carbocycles. The molecule has 2 aliphatic rings. The number of nitrogens with one attached hydrogen (secondary N) is 1. The Morgan fingerprint density at radius 3 is 2.69 bits per heavy atom. The van der Waals surface area contributed by atoms with E-state index in [0.717, 1.165) is 18.5 Å². The fourth-order valence-electron chi connectivity index (χ4n) is 4.73. The summed E-state index contributed by atoms with van der Waals surface area (Å²) in [5, 5.41) is 23.6. The fourth-order valence-corrected chi connectivity index (χ4v) is 5.59. The number of hydrogen-bond acceptors (Lipinski definition) is 9. The molecule has 0 bridgehead atoms. The second-order valence-corrected chi connectivity index (χ2v) is 11.2. The number of hydrogen-bond donors (Lipinski definition) is 3. The van der Waals surface area contributed by atoms with E-state index in [1.165, 1.54) is 11.2 Å². The Kier molecular flexibility index (Phi) is 6.09. The van der Waals surface area contributed by atoms with E-state index < -0.39 is 39.9 Å². The Bertz CT molecular complexity index is 1450. The van der Waals surface area contributed by atoms with Gasteiger partial charge in [-0.05, 0) is 26.3 Å². The smallest absolute Gasteiger partial charge is 0.223 e. The molecule has 2 aromatic heterocycles. The highest BCUT2D eigenvalue weighted by atomic mass is 32.2. The lowest BCUT2D eigenvalue weighted by molar-refractivity contribution is 0.0950. The van der Waals surface area contributed by atoms with Crippen LogP contribution in [0, 0.1) is 11.6 Å². The minimum absolute atomic E-state index is 0.00442. The molecule has 1 aromatic carbocycles. The van der Waals surface area contributed by atoms with Gasteiger partial charge in [0, 0.05) is 13.1 Å². The van der Waals surface area contributed by atoms with Crippen molar-refractivity contribution < 1.29 is 32.1 Å². The summed E-state index contributed by atoms with van der Waals surface area (Å²) in [6.45, 7) is 3.66. The molecule has 14 heteroatoms. The molecule has 4 atom stereocenters. The van der Waals surface area contributed by atoms with Crippen molar-refractivity contribution in [2.24, 2.45) is 0 Å². The highest BCUT2D eigenvalue weighted by Crippen LogP contribution is 2.43. The third-order valence-electron chi connectivity index (χ3n) is 6.51. The van der Waals surface area contributed by atoms with Crippen molar-refractivity contribution >= 4 is 27.0 Å². The Hall–Kier alpha value is -2.94. The zero-order valence-corrected chi connectivity index (χ0v) is 20.6. The van der Waals surface area contributed by atoms with Gasteiger partial charge in [-0.3, -0.25) is 0 Å². The van der Waals surface area contributed by atoms with Crippen LogP contribution in [0.4, 0.5) is 14.7 Å². The molecule has 11 nitrogen and oxygen atoms in total. The molecule has 36 heavy (non-hydrogen) atoms. The number of imidazole rings is 1. The molecule has 194 valence electrons. The van der Waals surface area contributed by atoms with Crippen LogP contribution in [0.2, 0.25) is 0 Å². The zero-order chi connectivity index (χ0) is 25.9. The van der Waals surface area contributed by atoms with E-state index in [4.69, 9.17) is 4.74 Å². The Morgan fingerprint density at radius 2 is 2.03 bits per heavy atom. The second kappa shape index (κ2) is 8.87. The summed E-state index contributed by atoms with van der Waals surface area (Å²) in [6.07, 6.45) is 0.281. The number of β-amino-alcohol motifs (C(OH)–C–C–N with tert-alkyl or cyclic N) is 1. The first-order valence-electron chi connectivity index (χ1n) is 11.4. The molecule has 2 aliphatic heterocycles. The van der Waals surface area contributed by atoms with E-state index >= 15 is 4.39 Å². The maximum atomic E-state index is 15.2. The van der Waals surface area contributed by atoms with Gasteiger partial charge in [0.2, 0.25) is 16.0 Å². The SMILES string of the molecule is CC(O)c1nc2c(F)cc(-c3nc(NC4CCN(S(C)(=O)=O)CC4O)ncc3F)c3c2n1C(C)CO3. The molecule has 5 rings (SSSR count). The number of ether oxygens (including phenoxy) is 1. The lowest BCUT2D eigenvalue weighted by Crippen LogP contribution is -2.51. The quantitative estimate of drug-likeness (QED) is 0.453. The first-order chi connectivity index (χ1) is 17.0. The maximum absolute atomic E-state index is 15.2. The van der Waals surface area contributed by atoms with Gasteiger partial charge in [0.15, 0.2) is 17.4 Å². The Morgan fingerprint density at radius 1 is 1.28 bits per heavy atom. The van der Waals surface area contributed by atoms with Crippen LogP contribution < -0.4 is 10.1 Å². The van der Waals surface area contributed by atoms with Crippen molar-refractivity contribution in [3.8, 4) is 17.0 Å². The van der Waals surface area contributed by atoms with Crippen molar-refractivity contribution in [3.05, 3.63) is 29.7 Å². The van der Waals surface area contributed by atoms with Gasteiger partial charge in [0.05, 0.1) is 36.2 Å². The van der Waals surface area contributed by atoms with Crippen molar-refractivity contribution in [1.29, 1.82) is 0 Å². The Balaban J connectivity index is 1.53. The molecule has 0 spiro atoms. The minimum Gasteiger partial charge on any atom is -0.488 e. The normalized spacial score (nSPS) is 23.5. The fraction of sp³-hybridized carbons (Fsp3) is 0.500. The largest absolute Gasteiger partial charge is 0.488 e. The topological polar surface area (TPSA) is 143 Å². The maximum Gasteiger partial charge on any atom is 0.223 e. The molecule has 4 unspecified atom stereocenters. The summed E-state index contributed by atoms with van der Waals surface area (Å²) in [4.78, 5) is 12.5. The average Bonchev–Trinajstić information content (AvgIpc) is 3.22. The van der Waals surface area contributed by atoms with Gasteiger partial charge in [0.25, 0.3) is 0 Å². The van der Waals surface area contributed by atoms with Crippen LogP contribution in [-0.2, 0) is 10.0 Å². The van der Waals surface area contributed by atoms with Crippen LogP contribution in [0.25, 0.3) is 22.3 Å². The van der Waals surface area contributed by atoms with E-state index in [-0.39, 0.29) is 66.5 Å². The first kappa shape index (κ1) is 24.7. The second-order valence-electron chi connectivity index (χ2n) is 9.23. The van der Waals surface area contributed by atoms with Crippen LogP contribution in [0.5, 0.6) is 5.75 Å². The predicted octanol–water partition coefficient (Wildman–Crippen LogP) is 1.58. The minimum atomic E-state index is -3.45. The number of anilines is 1. The number of aromatic nitrogens is 4. The van der Waals surface area contributed by atoms with E-state index in [9.17, 15) is 23.0 Å². The summed E-state index contributed by atoms with van der Waals surface area (Å²) in [5.74, 6) is -1.09. The zero-order valence-electron chi connectivity index (χ0n) is 19.8. The van der Waals surface area contributed by atoms with Gasteiger partial charge in [-0.2, -0.15) is 4.31 Å². The molecular weight excluding hydrogens is 498 g/mol. The molecule has 1 saturated heterocycles. The first-order valence-corrected chi connectivity index (χ1v) is 13.3. The van der Waals surface area contributed by atoms with Crippen LogP contribution in [0.3, 0.4) is 0 Å². The van der Waals surface area contributed by atoms with Gasteiger partial charge in [-0.1, -0.05) is 0 Å². The third-order valence-corrected chi connectivity index (χ3v) is 7.78. The highest BCUT2D eigenvalue weighted by molar-refractivity contribution is 7.88. The van der Waals surface area contributed by atoms with Gasteiger partial charge in [-0.15, -0.1) is 0 Å². The van der Waals surface area contributed by atoms with Gasteiger partial charge in [0.1, 0.15) is 35.3 Å². The van der Waals surface area contributed by atoms with Crippen LogP contribution in [0.15, 0.2) is 12.3 Å². The summed E-state index contributed by atoms with van der Waals surface area (Å²) >= 11 is 0. The van der Waals surface area contributed by atoms with Crippen molar-refractivity contribution in [2.75, 3.05) is 31.3 Å². The molecule has 0 amide bonds. The Labute approximate surface area is 205 Å². The summed E-state index contributed by atoms with van der Waals surface area (Å²) in [5.41, 5.74) is 0.147. The van der Waals surface area contributed by atoms with Gasteiger partial charge >= 0.3 is 0 Å².